The molecule has 7 rings (SSSR count). The minimum absolute atomic E-state index is 0.125. The van der Waals surface area contributed by atoms with Crippen molar-refractivity contribution in [1.82, 2.24) is 0 Å². The van der Waals surface area contributed by atoms with E-state index in [1.165, 1.54) is 34.8 Å². The van der Waals surface area contributed by atoms with Gasteiger partial charge in [0.1, 0.15) is 0 Å². The molecule has 201 valence electrons. The van der Waals surface area contributed by atoms with Gasteiger partial charge in [0.15, 0.2) is 0 Å². The monoisotopic (exact) mass is 539 g/mol. The second kappa shape index (κ2) is 9.45. The Morgan fingerprint density at radius 2 is 1.61 bits per heavy atom. The van der Waals surface area contributed by atoms with Crippen LogP contribution in [0.4, 0.5) is 0 Å². The van der Waals surface area contributed by atoms with Crippen molar-refractivity contribution in [2.45, 2.75) is 103 Å². The maximum absolute atomic E-state index is 6.64. The molecule has 4 heteroatoms. The van der Waals surface area contributed by atoms with Gasteiger partial charge in [-0.3, -0.25) is 0 Å². The zero-order valence-electron chi connectivity index (χ0n) is 22.6. The molecule has 6 unspecified atom stereocenters. The fourth-order valence-corrected chi connectivity index (χ4v) is 9.86. The average molecular weight is 540 g/mol. The quantitative estimate of drug-likeness (QED) is 0.282. The van der Waals surface area contributed by atoms with E-state index >= 15 is 0 Å². The van der Waals surface area contributed by atoms with Crippen LogP contribution in [0, 0.1) is 30.1 Å². The number of ether oxygens (including phenoxy) is 3. The summed E-state index contributed by atoms with van der Waals surface area (Å²) in [6, 6.07) is 9.42. The molecule has 6 aliphatic rings. The maximum atomic E-state index is 6.64. The van der Waals surface area contributed by atoms with Crippen molar-refractivity contribution >= 4 is 4.42 Å². The summed E-state index contributed by atoms with van der Waals surface area (Å²) in [5, 5.41) is 0. The molecule has 3 nitrogen and oxygen atoms in total. The molecule has 2 heterocycles. The zero-order chi connectivity index (χ0) is 25.1. The first-order valence-corrected chi connectivity index (χ1v) is 15.1. The third-order valence-corrected chi connectivity index (χ3v) is 11.4. The fraction of sp³-hybridized carbons (Fsp3) is 0.719. The summed E-state index contributed by atoms with van der Waals surface area (Å²) >= 11 is 6.22. The Balaban J connectivity index is 0.00000117. The molecule has 0 bridgehead atoms. The summed E-state index contributed by atoms with van der Waals surface area (Å²) in [4.78, 5) is 0. The van der Waals surface area contributed by atoms with E-state index in [1.807, 2.05) is 13.8 Å². The molecule has 0 aromatic heterocycles. The predicted molar refractivity (Wildman–Crippen MR) is 141 cm³/mol. The average Bonchev–Trinajstić information content (AvgIpc) is 3.59. The molecule has 3 saturated carbocycles. The number of allylic oxidation sites excluding steroid dienone is 2. The molecular formula is C32H44CuO3. The van der Waals surface area contributed by atoms with Gasteiger partial charge in [-0.1, -0.05) is 13.8 Å². The Morgan fingerprint density at radius 1 is 0.861 bits per heavy atom. The number of hydrogen-bond acceptors (Lipinski definition) is 3. The number of benzene rings is 1. The van der Waals surface area contributed by atoms with Gasteiger partial charge in [-0.2, -0.15) is 0 Å². The Morgan fingerprint density at radius 3 is 2.31 bits per heavy atom. The standard InChI is InChI=1S/C30H38O3.C2H6.Cu/c1-20-4-6-21(7-5-20)25-19-28(2)26(11-13-29(28)12-3-15-31-29)24-9-8-22-18-30(32-16-17-33-30)14-10-23(22)27(24)25;1-2;/h4-7,22,24-26H,3,8-11,13-19H2,1-2H3;1-2H3;. The van der Waals surface area contributed by atoms with E-state index in [-0.39, 0.29) is 16.8 Å². The topological polar surface area (TPSA) is 27.7 Å². The minimum atomic E-state index is -0.301. The third kappa shape index (κ3) is 3.65. The van der Waals surface area contributed by atoms with Gasteiger partial charge in [0, 0.05) is 0 Å². The van der Waals surface area contributed by atoms with Crippen molar-refractivity contribution in [3.63, 3.8) is 0 Å². The number of rotatable bonds is 1. The summed E-state index contributed by atoms with van der Waals surface area (Å²) in [6.45, 7) is 11.1. The zero-order valence-corrected chi connectivity index (χ0v) is 23.6. The summed E-state index contributed by atoms with van der Waals surface area (Å²) in [7, 11) is 0. The third-order valence-electron chi connectivity index (χ3n) is 10.8. The molecule has 1 aromatic carbocycles. The molecule has 5 fully saturated rings. The van der Waals surface area contributed by atoms with Crippen LogP contribution in [0.15, 0.2) is 35.4 Å². The van der Waals surface area contributed by atoms with Crippen molar-refractivity contribution in [3.05, 3.63) is 46.5 Å². The SMILES string of the molecule is CC.Cc1ccc(C2CC3(C)C(CCC34OCC[C]4=[Cu])C3CCC4CC5(CCC4=C23)OCCO5)cc1. The first-order valence-electron chi connectivity index (χ1n) is 14.6. The van der Waals surface area contributed by atoms with Crippen LogP contribution in [-0.4, -0.2) is 35.6 Å². The number of hydrogen-bond donors (Lipinski definition) is 0. The Bertz CT molecular complexity index is 1040. The van der Waals surface area contributed by atoms with Gasteiger partial charge >= 0.3 is 213 Å². The van der Waals surface area contributed by atoms with Crippen LogP contribution in [0.2, 0.25) is 0 Å². The van der Waals surface area contributed by atoms with E-state index in [9.17, 15) is 0 Å². The molecule has 2 saturated heterocycles. The van der Waals surface area contributed by atoms with Crippen molar-refractivity contribution in [2.24, 2.45) is 23.2 Å². The molecule has 2 spiro atoms. The molecule has 36 heavy (non-hydrogen) atoms. The van der Waals surface area contributed by atoms with Crippen LogP contribution in [0.1, 0.15) is 95.6 Å². The molecule has 4 aliphatic carbocycles. The summed E-state index contributed by atoms with van der Waals surface area (Å²) in [6.07, 6.45) is 10.3. The Labute approximate surface area is 226 Å². The first kappa shape index (κ1) is 25.5. The summed E-state index contributed by atoms with van der Waals surface area (Å²) < 4.78 is 20.2. The van der Waals surface area contributed by atoms with Gasteiger partial charge in [0.05, 0.1) is 0 Å². The van der Waals surface area contributed by atoms with E-state index in [2.05, 4.69) is 38.1 Å². The van der Waals surface area contributed by atoms with Crippen LogP contribution < -0.4 is 0 Å². The van der Waals surface area contributed by atoms with E-state index in [1.54, 1.807) is 11.1 Å². The molecule has 2 aliphatic heterocycles. The van der Waals surface area contributed by atoms with Gasteiger partial charge < -0.3 is 0 Å². The fourth-order valence-electron chi connectivity index (χ4n) is 9.31. The molecule has 1 aromatic rings. The van der Waals surface area contributed by atoms with E-state index in [0.29, 0.717) is 23.7 Å². The van der Waals surface area contributed by atoms with Gasteiger partial charge in [-0.05, 0) is 0 Å². The molecule has 0 radical (unpaired) electrons. The predicted octanol–water partition coefficient (Wildman–Crippen LogP) is 7.05. The first-order chi connectivity index (χ1) is 17.4. The van der Waals surface area contributed by atoms with Crippen molar-refractivity contribution in [2.75, 3.05) is 19.8 Å². The van der Waals surface area contributed by atoms with Gasteiger partial charge in [-0.15, -0.1) is 0 Å². The summed E-state index contributed by atoms with van der Waals surface area (Å²) in [5.41, 5.74) is 6.34. The van der Waals surface area contributed by atoms with E-state index in [4.69, 9.17) is 29.8 Å². The van der Waals surface area contributed by atoms with Crippen LogP contribution in [0.3, 0.4) is 0 Å². The van der Waals surface area contributed by atoms with Crippen LogP contribution in [0.5, 0.6) is 0 Å². The molecular weight excluding hydrogens is 496 g/mol. The number of aryl methyl sites for hydroxylation is 1. The normalized spacial score (nSPS) is 40.7. The molecule has 0 N–H and O–H groups in total. The van der Waals surface area contributed by atoms with E-state index < -0.39 is 0 Å². The van der Waals surface area contributed by atoms with Gasteiger partial charge in [0.25, 0.3) is 0 Å². The van der Waals surface area contributed by atoms with Crippen molar-refractivity contribution in [1.29, 1.82) is 0 Å². The second-order valence-electron chi connectivity index (χ2n) is 12.2. The summed E-state index contributed by atoms with van der Waals surface area (Å²) in [5.74, 6) is 2.14. The number of fused-ring (bicyclic) bond motifs is 5. The Kier molecular flexibility index (Phi) is 6.70. The molecule has 6 atom stereocenters. The van der Waals surface area contributed by atoms with Crippen molar-refractivity contribution in [3.8, 4) is 0 Å². The van der Waals surface area contributed by atoms with Gasteiger partial charge in [0.2, 0.25) is 0 Å². The second-order valence-corrected chi connectivity index (χ2v) is 12.8. The van der Waals surface area contributed by atoms with Crippen molar-refractivity contribution < 1.29 is 29.8 Å². The van der Waals surface area contributed by atoms with Crippen LogP contribution >= 0.6 is 0 Å². The van der Waals surface area contributed by atoms with Crippen LogP contribution in [-0.2, 0) is 29.8 Å². The van der Waals surface area contributed by atoms with Crippen LogP contribution in [0.25, 0.3) is 0 Å². The van der Waals surface area contributed by atoms with E-state index in [0.717, 1.165) is 58.3 Å². The van der Waals surface area contributed by atoms with Gasteiger partial charge in [-0.25, -0.2) is 0 Å². The molecule has 0 amide bonds. The Hall–Kier alpha value is -0.771.